The number of allylic oxidation sites excluding steroid dienone is 1. The van der Waals surface area contributed by atoms with Crippen LogP contribution in [0, 0.1) is 0 Å². The molecule has 1 aliphatic heterocycles. The fourth-order valence-corrected chi connectivity index (χ4v) is 3.91. The third kappa shape index (κ3) is 4.57. The van der Waals surface area contributed by atoms with E-state index in [9.17, 15) is 0 Å². The van der Waals surface area contributed by atoms with E-state index in [1.165, 1.54) is 5.56 Å². The van der Waals surface area contributed by atoms with Crippen LogP contribution in [-0.4, -0.2) is 5.71 Å². The number of rotatable bonds is 4. The third-order valence-corrected chi connectivity index (χ3v) is 5.89. The Morgan fingerprint density at radius 1 is 0.893 bits per heavy atom. The van der Waals surface area contributed by atoms with Crippen molar-refractivity contribution in [2.24, 2.45) is 5.10 Å². The molecule has 1 heterocycles. The minimum absolute atomic E-state index is 0.135. The SMILES string of the molecule is Clc1cccc(N2N=C(/C=C/c3ccc(Br)cc3)CC2c2ccc(Br)cc2)c1. The van der Waals surface area contributed by atoms with Crippen molar-refractivity contribution in [1.82, 2.24) is 0 Å². The molecule has 1 atom stereocenters. The van der Waals surface area contributed by atoms with Gasteiger partial charge in [-0.25, -0.2) is 0 Å². The first-order valence-corrected chi connectivity index (χ1v) is 10.9. The van der Waals surface area contributed by atoms with Crippen LogP contribution in [0.3, 0.4) is 0 Å². The van der Waals surface area contributed by atoms with Crippen LogP contribution in [0.5, 0.6) is 0 Å². The Bertz CT molecular complexity index is 1030. The molecule has 0 spiro atoms. The second-order valence-electron chi connectivity index (χ2n) is 6.57. The third-order valence-electron chi connectivity index (χ3n) is 4.60. The maximum absolute atomic E-state index is 6.23. The minimum Gasteiger partial charge on any atom is -0.257 e. The summed E-state index contributed by atoms with van der Waals surface area (Å²) in [7, 11) is 0. The van der Waals surface area contributed by atoms with E-state index in [0.29, 0.717) is 5.02 Å². The molecule has 0 bridgehead atoms. The second-order valence-corrected chi connectivity index (χ2v) is 8.84. The predicted molar refractivity (Wildman–Crippen MR) is 126 cm³/mol. The second kappa shape index (κ2) is 8.64. The largest absolute Gasteiger partial charge is 0.257 e. The molecule has 0 fully saturated rings. The standard InChI is InChI=1S/C23H17Br2ClN2/c24-18-9-4-16(5-10-18)6-13-21-15-23(17-7-11-19(25)12-8-17)28(27-21)22-3-1-2-20(26)14-22/h1-14,23H,15H2/b13-6+. The number of nitrogens with zero attached hydrogens (tertiary/aromatic N) is 2. The Morgan fingerprint density at radius 2 is 1.57 bits per heavy atom. The molecule has 28 heavy (non-hydrogen) atoms. The summed E-state index contributed by atoms with van der Waals surface area (Å²) in [6.45, 7) is 0. The molecule has 0 aromatic heterocycles. The Morgan fingerprint density at radius 3 is 2.25 bits per heavy atom. The molecule has 4 rings (SSSR count). The average Bonchev–Trinajstić information content (AvgIpc) is 3.12. The number of benzene rings is 3. The van der Waals surface area contributed by atoms with Gasteiger partial charge in [0, 0.05) is 20.4 Å². The van der Waals surface area contributed by atoms with Gasteiger partial charge in [-0.05, 0) is 59.7 Å². The van der Waals surface area contributed by atoms with Crippen molar-refractivity contribution in [3.8, 4) is 0 Å². The van der Waals surface area contributed by atoms with E-state index >= 15 is 0 Å². The highest BCUT2D eigenvalue weighted by Gasteiger charge is 2.28. The molecule has 0 aliphatic carbocycles. The van der Waals surface area contributed by atoms with Crippen LogP contribution >= 0.6 is 43.5 Å². The van der Waals surface area contributed by atoms with Crippen LogP contribution < -0.4 is 5.01 Å². The van der Waals surface area contributed by atoms with Crippen molar-refractivity contribution in [2.45, 2.75) is 12.5 Å². The molecule has 0 saturated heterocycles. The molecule has 1 aliphatic rings. The van der Waals surface area contributed by atoms with Crippen LogP contribution in [-0.2, 0) is 0 Å². The van der Waals surface area contributed by atoms with Crippen LogP contribution in [0.15, 0.2) is 92.9 Å². The lowest BCUT2D eigenvalue weighted by Gasteiger charge is -2.24. The smallest absolute Gasteiger partial charge is 0.0831 e. The summed E-state index contributed by atoms with van der Waals surface area (Å²) in [6.07, 6.45) is 5.03. The summed E-state index contributed by atoms with van der Waals surface area (Å²) < 4.78 is 2.14. The zero-order valence-electron chi connectivity index (χ0n) is 14.9. The summed E-state index contributed by atoms with van der Waals surface area (Å²) in [5.41, 5.74) is 4.40. The first kappa shape index (κ1) is 19.4. The molecular formula is C23H17Br2ClN2. The topological polar surface area (TPSA) is 15.6 Å². The zero-order chi connectivity index (χ0) is 19.5. The maximum Gasteiger partial charge on any atom is 0.0831 e. The van der Waals surface area contributed by atoms with Crippen molar-refractivity contribution < 1.29 is 0 Å². The molecule has 0 N–H and O–H groups in total. The number of halogens is 3. The molecule has 0 radical (unpaired) electrons. The van der Waals surface area contributed by atoms with Crippen LogP contribution in [0.2, 0.25) is 5.02 Å². The van der Waals surface area contributed by atoms with Gasteiger partial charge in [0.05, 0.1) is 17.4 Å². The lowest BCUT2D eigenvalue weighted by atomic mass is 10.0. The Kier molecular flexibility index (Phi) is 6.00. The highest BCUT2D eigenvalue weighted by atomic mass is 79.9. The van der Waals surface area contributed by atoms with Crippen molar-refractivity contribution in [3.05, 3.63) is 104 Å². The average molecular weight is 517 g/mol. The van der Waals surface area contributed by atoms with E-state index in [-0.39, 0.29) is 6.04 Å². The number of anilines is 1. The maximum atomic E-state index is 6.23. The fraction of sp³-hybridized carbons (Fsp3) is 0.0870. The molecule has 5 heteroatoms. The van der Waals surface area contributed by atoms with E-state index in [0.717, 1.165) is 32.3 Å². The zero-order valence-corrected chi connectivity index (χ0v) is 18.8. The molecule has 2 nitrogen and oxygen atoms in total. The molecule has 3 aromatic rings. The molecule has 0 saturated carbocycles. The number of hydrogen-bond donors (Lipinski definition) is 0. The lowest BCUT2D eigenvalue weighted by molar-refractivity contribution is 0.709. The van der Waals surface area contributed by atoms with Gasteiger partial charge in [0.15, 0.2) is 0 Å². The van der Waals surface area contributed by atoms with Crippen molar-refractivity contribution in [1.29, 1.82) is 0 Å². The van der Waals surface area contributed by atoms with Gasteiger partial charge in [-0.1, -0.05) is 79.9 Å². The van der Waals surface area contributed by atoms with Gasteiger partial charge in [0.1, 0.15) is 0 Å². The van der Waals surface area contributed by atoms with E-state index < -0.39 is 0 Å². The number of hydrazone groups is 1. The van der Waals surface area contributed by atoms with Gasteiger partial charge in [0.25, 0.3) is 0 Å². The van der Waals surface area contributed by atoms with E-state index in [1.807, 2.05) is 36.4 Å². The van der Waals surface area contributed by atoms with E-state index in [1.54, 1.807) is 0 Å². The molecular weight excluding hydrogens is 500 g/mol. The molecule has 0 amide bonds. The Labute approximate surface area is 186 Å². The lowest BCUT2D eigenvalue weighted by Crippen LogP contribution is -2.18. The molecule has 3 aromatic carbocycles. The summed E-state index contributed by atoms with van der Waals surface area (Å²) in [4.78, 5) is 0. The van der Waals surface area contributed by atoms with Crippen molar-refractivity contribution in [3.63, 3.8) is 0 Å². The van der Waals surface area contributed by atoms with Gasteiger partial charge in [-0.2, -0.15) is 5.10 Å². The molecule has 1 unspecified atom stereocenters. The van der Waals surface area contributed by atoms with Crippen LogP contribution in [0.1, 0.15) is 23.6 Å². The normalized spacial score (nSPS) is 16.6. The first-order chi connectivity index (χ1) is 13.6. The van der Waals surface area contributed by atoms with Gasteiger partial charge >= 0.3 is 0 Å². The van der Waals surface area contributed by atoms with Crippen LogP contribution in [0.25, 0.3) is 6.08 Å². The predicted octanol–water partition coefficient (Wildman–Crippen LogP) is 7.89. The van der Waals surface area contributed by atoms with Crippen molar-refractivity contribution in [2.75, 3.05) is 5.01 Å². The molecule has 140 valence electrons. The summed E-state index contributed by atoms with van der Waals surface area (Å²) >= 11 is 13.2. The van der Waals surface area contributed by atoms with Gasteiger partial charge < -0.3 is 0 Å². The summed E-state index contributed by atoms with van der Waals surface area (Å²) in [5, 5.41) is 7.67. The van der Waals surface area contributed by atoms with E-state index in [4.69, 9.17) is 16.7 Å². The highest BCUT2D eigenvalue weighted by molar-refractivity contribution is 9.10. The summed E-state index contributed by atoms with van der Waals surface area (Å²) in [6, 6.07) is 24.6. The quantitative estimate of drug-likeness (QED) is 0.344. The Hall–Kier alpha value is -1.88. The highest BCUT2D eigenvalue weighted by Crippen LogP contribution is 2.36. The van der Waals surface area contributed by atoms with Gasteiger partial charge in [0.2, 0.25) is 0 Å². The first-order valence-electron chi connectivity index (χ1n) is 8.90. The van der Waals surface area contributed by atoms with Crippen molar-refractivity contribution >= 4 is 60.9 Å². The van der Waals surface area contributed by atoms with Gasteiger partial charge in [-0.3, -0.25) is 5.01 Å². The minimum atomic E-state index is 0.135. The van der Waals surface area contributed by atoms with E-state index in [2.05, 4.69) is 85.4 Å². The Balaban J connectivity index is 1.65. The number of hydrogen-bond acceptors (Lipinski definition) is 2. The monoisotopic (exact) mass is 514 g/mol. The fourth-order valence-electron chi connectivity index (χ4n) is 3.20. The van der Waals surface area contributed by atoms with Gasteiger partial charge in [-0.15, -0.1) is 0 Å². The summed E-state index contributed by atoms with van der Waals surface area (Å²) in [5.74, 6) is 0. The van der Waals surface area contributed by atoms with Crippen LogP contribution in [0.4, 0.5) is 5.69 Å².